The minimum Gasteiger partial charge on any atom is -0.491 e. The molecule has 94 valence electrons. The zero-order valence-corrected chi connectivity index (χ0v) is 11.4. The van der Waals surface area contributed by atoms with Crippen LogP contribution in [0.25, 0.3) is 0 Å². The van der Waals surface area contributed by atoms with Gasteiger partial charge in [-0.15, -0.1) is 11.3 Å². The smallest absolute Gasteiger partial charge is 0.168 e. The SMILES string of the molecule is CC(C)Oc1cccc(C(=O)Cc2cccs2)c1. The summed E-state index contributed by atoms with van der Waals surface area (Å²) in [5.41, 5.74) is 0.710. The fourth-order valence-corrected chi connectivity index (χ4v) is 2.39. The lowest BCUT2D eigenvalue weighted by Crippen LogP contribution is -2.07. The topological polar surface area (TPSA) is 26.3 Å². The van der Waals surface area contributed by atoms with Crippen molar-refractivity contribution in [1.29, 1.82) is 0 Å². The first-order valence-electron chi connectivity index (χ1n) is 5.97. The van der Waals surface area contributed by atoms with Crippen molar-refractivity contribution in [2.75, 3.05) is 0 Å². The van der Waals surface area contributed by atoms with Crippen LogP contribution < -0.4 is 4.74 Å². The molecular weight excluding hydrogens is 244 g/mol. The van der Waals surface area contributed by atoms with Gasteiger partial charge in [0.25, 0.3) is 0 Å². The number of rotatable bonds is 5. The first kappa shape index (κ1) is 12.8. The molecule has 0 saturated heterocycles. The van der Waals surface area contributed by atoms with E-state index in [2.05, 4.69) is 0 Å². The van der Waals surface area contributed by atoms with Gasteiger partial charge < -0.3 is 4.74 Å². The second-order valence-corrected chi connectivity index (χ2v) is 5.41. The molecule has 18 heavy (non-hydrogen) atoms. The summed E-state index contributed by atoms with van der Waals surface area (Å²) in [4.78, 5) is 13.2. The molecule has 0 unspecified atom stereocenters. The summed E-state index contributed by atoms with van der Waals surface area (Å²) in [5, 5.41) is 1.99. The van der Waals surface area contributed by atoms with Crippen molar-refractivity contribution in [3.8, 4) is 5.75 Å². The zero-order valence-electron chi connectivity index (χ0n) is 10.6. The molecule has 1 aromatic carbocycles. The molecule has 0 aliphatic rings. The maximum Gasteiger partial charge on any atom is 0.168 e. The van der Waals surface area contributed by atoms with Gasteiger partial charge in [0.05, 0.1) is 6.10 Å². The molecular formula is C15H16O2S. The van der Waals surface area contributed by atoms with Crippen molar-refractivity contribution in [3.05, 3.63) is 52.2 Å². The van der Waals surface area contributed by atoms with Gasteiger partial charge in [0.1, 0.15) is 5.75 Å². The van der Waals surface area contributed by atoms with Crippen molar-refractivity contribution < 1.29 is 9.53 Å². The third-order valence-corrected chi connectivity index (χ3v) is 3.32. The summed E-state index contributed by atoms with van der Waals surface area (Å²) >= 11 is 1.61. The molecule has 0 amide bonds. The second kappa shape index (κ2) is 5.83. The number of benzene rings is 1. The Bertz CT molecular complexity index is 515. The summed E-state index contributed by atoms with van der Waals surface area (Å²) in [6.45, 7) is 3.94. The highest BCUT2D eigenvalue weighted by Crippen LogP contribution is 2.18. The van der Waals surface area contributed by atoms with E-state index in [1.54, 1.807) is 11.3 Å². The maximum absolute atomic E-state index is 12.1. The Kier molecular flexibility index (Phi) is 4.15. The van der Waals surface area contributed by atoms with E-state index >= 15 is 0 Å². The Balaban J connectivity index is 2.10. The van der Waals surface area contributed by atoms with E-state index in [0.717, 1.165) is 10.6 Å². The molecule has 0 N–H and O–H groups in total. The van der Waals surface area contributed by atoms with E-state index in [0.29, 0.717) is 12.0 Å². The molecule has 0 aliphatic heterocycles. The predicted octanol–water partition coefficient (Wildman–Crippen LogP) is 3.96. The molecule has 3 heteroatoms. The van der Waals surface area contributed by atoms with Crippen LogP contribution in [0.1, 0.15) is 29.1 Å². The van der Waals surface area contributed by atoms with E-state index in [-0.39, 0.29) is 11.9 Å². The lowest BCUT2D eigenvalue weighted by Gasteiger charge is -2.10. The van der Waals surface area contributed by atoms with E-state index < -0.39 is 0 Å². The Morgan fingerprint density at radius 1 is 1.28 bits per heavy atom. The van der Waals surface area contributed by atoms with Crippen LogP contribution in [0.2, 0.25) is 0 Å². The quantitative estimate of drug-likeness (QED) is 0.761. The third-order valence-electron chi connectivity index (χ3n) is 2.44. The van der Waals surface area contributed by atoms with Gasteiger partial charge in [0, 0.05) is 16.9 Å². The largest absolute Gasteiger partial charge is 0.491 e. The molecule has 0 saturated carbocycles. The molecule has 0 fully saturated rings. The molecule has 0 aliphatic carbocycles. The van der Waals surface area contributed by atoms with E-state index in [9.17, 15) is 4.79 Å². The minimum absolute atomic E-state index is 0.118. The Labute approximate surface area is 111 Å². The summed E-state index contributed by atoms with van der Waals surface area (Å²) < 4.78 is 5.59. The molecule has 0 spiro atoms. The van der Waals surface area contributed by atoms with Gasteiger partial charge in [-0.05, 0) is 37.4 Å². The maximum atomic E-state index is 12.1. The summed E-state index contributed by atoms with van der Waals surface area (Å²) in [7, 11) is 0. The Hall–Kier alpha value is -1.61. The fraction of sp³-hybridized carbons (Fsp3) is 0.267. The van der Waals surface area contributed by atoms with Crippen LogP contribution in [-0.2, 0) is 6.42 Å². The van der Waals surface area contributed by atoms with Crippen molar-refractivity contribution in [3.63, 3.8) is 0 Å². The Morgan fingerprint density at radius 2 is 2.11 bits per heavy atom. The monoisotopic (exact) mass is 260 g/mol. The van der Waals surface area contributed by atoms with Crippen LogP contribution in [-0.4, -0.2) is 11.9 Å². The lowest BCUT2D eigenvalue weighted by atomic mass is 10.1. The van der Waals surface area contributed by atoms with Gasteiger partial charge >= 0.3 is 0 Å². The van der Waals surface area contributed by atoms with Gasteiger partial charge in [-0.1, -0.05) is 18.2 Å². The number of thiophene rings is 1. The number of carbonyl (C=O) groups excluding carboxylic acids is 1. The van der Waals surface area contributed by atoms with Gasteiger partial charge in [-0.2, -0.15) is 0 Å². The molecule has 0 radical (unpaired) electrons. The highest BCUT2D eigenvalue weighted by Gasteiger charge is 2.09. The highest BCUT2D eigenvalue weighted by molar-refractivity contribution is 7.10. The van der Waals surface area contributed by atoms with Crippen molar-refractivity contribution in [2.24, 2.45) is 0 Å². The van der Waals surface area contributed by atoms with Gasteiger partial charge in [-0.25, -0.2) is 0 Å². The standard InChI is InChI=1S/C15H16O2S/c1-11(2)17-13-6-3-5-12(9-13)15(16)10-14-7-4-8-18-14/h3-9,11H,10H2,1-2H3. The van der Waals surface area contributed by atoms with Gasteiger partial charge in [0.15, 0.2) is 5.78 Å². The van der Waals surface area contributed by atoms with Crippen LogP contribution in [0.4, 0.5) is 0 Å². The fourth-order valence-electron chi connectivity index (χ4n) is 1.69. The normalized spacial score (nSPS) is 10.6. The molecule has 0 bridgehead atoms. The molecule has 2 nitrogen and oxygen atoms in total. The first-order chi connectivity index (χ1) is 8.65. The van der Waals surface area contributed by atoms with E-state index in [1.807, 2.05) is 55.6 Å². The number of hydrogen-bond acceptors (Lipinski definition) is 3. The summed E-state index contributed by atoms with van der Waals surface area (Å²) in [5.74, 6) is 0.883. The highest BCUT2D eigenvalue weighted by atomic mass is 32.1. The van der Waals surface area contributed by atoms with Gasteiger partial charge in [0.2, 0.25) is 0 Å². The minimum atomic E-state index is 0.118. The van der Waals surface area contributed by atoms with Crippen molar-refractivity contribution >= 4 is 17.1 Å². The molecule has 1 heterocycles. The lowest BCUT2D eigenvalue weighted by molar-refractivity contribution is 0.0993. The molecule has 2 rings (SSSR count). The molecule has 2 aromatic rings. The Morgan fingerprint density at radius 3 is 2.78 bits per heavy atom. The average Bonchev–Trinajstić information content (AvgIpc) is 2.81. The third kappa shape index (κ3) is 3.44. The number of hydrogen-bond donors (Lipinski definition) is 0. The van der Waals surface area contributed by atoms with Crippen LogP contribution in [0.15, 0.2) is 41.8 Å². The predicted molar refractivity (Wildman–Crippen MR) is 74.6 cm³/mol. The van der Waals surface area contributed by atoms with Crippen LogP contribution in [0.5, 0.6) is 5.75 Å². The number of ketones is 1. The van der Waals surface area contributed by atoms with Crippen LogP contribution >= 0.6 is 11.3 Å². The van der Waals surface area contributed by atoms with Crippen molar-refractivity contribution in [1.82, 2.24) is 0 Å². The van der Waals surface area contributed by atoms with Crippen LogP contribution in [0.3, 0.4) is 0 Å². The van der Waals surface area contributed by atoms with E-state index in [4.69, 9.17) is 4.74 Å². The van der Waals surface area contributed by atoms with Crippen LogP contribution in [0, 0.1) is 0 Å². The summed E-state index contributed by atoms with van der Waals surface area (Å²) in [6.07, 6.45) is 0.579. The second-order valence-electron chi connectivity index (χ2n) is 4.37. The zero-order chi connectivity index (χ0) is 13.0. The number of ether oxygens (including phenoxy) is 1. The van der Waals surface area contributed by atoms with Gasteiger partial charge in [-0.3, -0.25) is 4.79 Å². The summed E-state index contributed by atoms with van der Waals surface area (Å²) in [6, 6.07) is 11.3. The molecule has 0 atom stereocenters. The average molecular weight is 260 g/mol. The number of Topliss-reactive ketones (excluding diaryl/α,β-unsaturated/α-hetero) is 1. The molecule has 1 aromatic heterocycles. The van der Waals surface area contributed by atoms with E-state index in [1.165, 1.54) is 0 Å². The van der Waals surface area contributed by atoms with Crippen molar-refractivity contribution in [2.45, 2.75) is 26.4 Å². The first-order valence-corrected chi connectivity index (χ1v) is 6.85. The number of carbonyl (C=O) groups is 1.